The van der Waals surface area contributed by atoms with E-state index in [0.29, 0.717) is 19.3 Å². The van der Waals surface area contributed by atoms with Crippen LogP contribution >= 0.6 is 0 Å². The van der Waals surface area contributed by atoms with Crippen LogP contribution in [0.4, 0.5) is 4.39 Å². The van der Waals surface area contributed by atoms with E-state index >= 15 is 0 Å². The minimum Gasteiger partial charge on any atom is -0.299 e. The molecule has 0 radical (unpaired) electrons. The first-order chi connectivity index (χ1) is 8.94. The molecular weight excluding hydrogens is 243 g/mol. The van der Waals surface area contributed by atoms with Gasteiger partial charge in [-0.15, -0.1) is 0 Å². The number of rotatable bonds is 6. The highest BCUT2D eigenvalue weighted by Crippen LogP contribution is 2.49. The molecule has 0 atom stereocenters. The maximum Gasteiger partial charge on any atom is 0.150 e. The fourth-order valence-electron chi connectivity index (χ4n) is 2.36. The number of Topliss-reactive ketones (excluding diaryl/α,β-unsaturated/α-hetero) is 2. The molecule has 2 nitrogen and oxygen atoms in total. The average Bonchev–Trinajstić information content (AvgIpc) is 3.12. The van der Waals surface area contributed by atoms with Crippen molar-refractivity contribution in [3.05, 3.63) is 35.6 Å². The Hall–Kier alpha value is -1.51. The standard InChI is InChI=1S/C16H19FO2/c1-11(2)9-14(18)16(7-8-16)15(19)10-12-3-5-13(17)6-4-12/h3-6,11H,7-10H2,1-2H3. The van der Waals surface area contributed by atoms with Gasteiger partial charge in [0.05, 0.1) is 5.41 Å². The second kappa shape index (κ2) is 5.24. The van der Waals surface area contributed by atoms with E-state index in [-0.39, 0.29) is 29.7 Å². The minimum atomic E-state index is -0.724. The number of benzene rings is 1. The first-order valence-electron chi connectivity index (χ1n) is 6.75. The Balaban J connectivity index is 2.03. The summed E-state index contributed by atoms with van der Waals surface area (Å²) in [4.78, 5) is 24.4. The molecule has 0 amide bonds. The second-order valence-corrected chi connectivity index (χ2v) is 5.83. The summed E-state index contributed by atoms with van der Waals surface area (Å²) in [6.45, 7) is 3.97. The first kappa shape index (κ1) is 13.9. The molecule has 102 valence electrons. The lowest BCUT2D eigenvalue weighted by Crippen LogP contribution is -2.28. The molecule has 1 aliphatic carbocycles. The largest absolute Gasteiger partial charge is 0.299 e. The van der Waals surface area contributed by atoms with Gasteiger partial charge in [-0.1, -0.05) is 26.0 Å². The molecule has 2 rings (SSSR count). The maximum atomic E-state index is 12.8. The van der Waals surface area contributed by atoms with E-state index in [9.17, 15) is 14.0 Å². The van der Waals surface area contributed by atoms with Crippen LogP contribution in [-0.4, -0.2) is 11.6 Å². The number of halogens is 1. The number of hydrogen-bond donors (Lipinski definition) is 0. The summed E-state index contributed by atoms with van der Waals surface area (Å²) in [5.74, 6) is 0.0381. The molecule has 1 aromatic carbocycles. The molecule has 1 saturated carbocycles. The van der Waals surface area contributed by atoms with Gasteiger partial charge in [0.15, 0.2) is 5.78 Å². The van der Waals surface area contributed by atoms with Crippen LogP contribution in [0.3, 0.4) is 0 Å². The van der Waals surface area contributed by atoms with Crippen molar-refractivity contribution < 1.29 is 14.0 Å². The van der Waals surface area contributed by atoms with E-state index in [1.807, 2.05) is 13.8 Å². The zero-order chi connectivity index (χ0) is 14.0. The van der Waals surface area contributed by atoms with E-state index in [0.717, 1.165) is 5.56 Å². The van der Waals surface area contributed by atoms with Gasteiger partial charge >= 0.3 is 0 Å². The van der Waals surface area contributed by atoms with Crippen LogP contribution in [0.5, 0.6) is 0 Å². The number of hydrogen-bond acceptors (Lipinski definition) is 2. The monoisotopic (exact) mass is 262 g/mol. The summed E-state index contributed by atoms with van der Waals surface area (Å²) in [6, 6.07) is 5.91. The Bertz CT molecular complexity index is 484. The van der Waals surface area contributed by atoms with Crippen molar-refractivity contribution in [1.29, 1.82) is 0 Å². The Morgan fingerprint density at radius 2 is 1.74 bits per heavy atom. The van der Waals surface area contributed by atoms with Gasteiger partial charge in [-0.25, -0.2) is 4.39 Å². The lowest BCUT2D eigenvalue weighted by molar-refractivity contribution is -0.134. The number of ketones is 2. The number of carbonyl (C=O) groups is 2. The van der Waals surface area contributed by atoms with E-state index in [4.69, 9.17) is 0 Å². The Morgan fingerprint density at radius 1 is 1.16 bits per heavy atom. The Labute approximate surface area is 113 Å². The Kier molecular flexibility index (Phi) is 3.83. The van der Waals surface area contributed by atoms with Gasteiger partial charge < -0.3 is 0 Å². The summed E-state index contributed by atoms with van der Waals surface area (Å²) in [5, 5.41) is 0. The maximum absolute atomic E-state index is 12.8. The molecule has 1 aromatic rings. The molecular formula is C16H19FO2. The molecule has 0 heterocycles. The highest BCUT2D eigenvalue weighted by Gasteiger charge is 2.54. The van der Waals surface area contributed by atoms with Crippen LogP contribution in [-0.2, 0) is 16.0 Å². The third-order valence-electron chi connectivity index (χ3n) is 3.69. The van der Waals surface area contributed by atoms with Gasteiger partial charge in [-0.3, -0.25) is 9.59 Å². The van der Waals surface area contributed by atoms with Crippen molar-refractivity contribution in [2.75, 3.05) is 0 Å². The second-order valence-electron chi connectivity index (χ2n) is 5.83. The SMILES string of the molecule is CC(C)CC(=O)C1(C(=O)Cc2ccc(F)cc2)CC1. The summed E-state index contributed by atoms with van der Waals surface area (Å²) < 4.78 is 12.8. The van der Waals surface area contributed by atoms with Gasteiger partial charge in [0.2, 0.25) is 0 Å². The quantitative estimate of drug-likeness (QED) is 0.737. The predicted molar refractivity (Wildman–Crippen MR) is 71.2 cm³/mol. The zero-order valence-corrected chi connectivity index (χ0v) is 11.4. The van der Waals surface area contributed by atoms with E-state index in [2.05, 4.69) is 0 Å². The van der Waals surface area contributed by atoms with Gasteiger partial charge in [0.25, 0.3) is 0 Å². The molecule has 19 heavy (non-hydrogen) atoms. The molecule has 1 aliphatic rings. The predicted octanol–water partition coefficient (Wildman–Crippen LogP) is 3.33. The van der Waals surface area contributed by atoms with Gasteiger partial charge in [-0.2, -0.15) is 0 Å². The van der Waals surface area contributed by atoms with Gasteiger partial charge in [-0.05, 0) is 36.5 Å². The topological polar surface area (TPSA) is 34.1 Å². The average molecular weight is 262 g/mol. The van der Waals surface area contributed by atoms with Crippen molar-refractivity contribution in [3.63, 3.8) is 0 Å². The van der Waals surface area contributed by atoms with Gasteiger partial charge in [0, 0.05) is 12.8 Å². The van der Waals surface area contributed by atoms with Crippen LogP contribution in [0, 0.1) is 17.2 Å². The smallest absolute Gasteiger partial charge is 0.150 e. The summed E-state index contributed by atoms with van der Waals surface area (Å²) in [5.41, 5.74) is 0.0496. The van der Waals surface area contributed by atoms with Crippen molar-refractivity contribution in [2.24, 2.45) is 11.3 Å². The molecule has 0 saturated heterocycles. The molecule has 0 bridgehead atoms. The lowest BCUT2D eigenvalue weighted by atomic mass is 9.87. The van der Waals surface area contributed by atoms with Gasteiger partial charge in [0.1, 0.15) is 11.6 Å². The highest BCUT2D eigenvalue weighted by atomic mass is 19.1. The third kappa shape index (κ3) is 3.09. The molecule has 0 spiro atoms. The highest BCUT2D eigenvalue weighted by molar-refractivity contribution is 6.10. The Morgan fingerprint density at radius 3 is 2.21 bits per heavy atom. The van der Waals surface area contributed by atoms with Crippen LogP contribution in [0.15, 0.2) is 24.3 Å². The first-order valence-corrected chi connectivity index (χ1v) is 6.75. The molecule has 0 aliphatic heterocycles. The normalized spacial score (nSPS) is 16.4. The fourth-order valence-corrected chi connectivity index (χ4v) is 2.36. The van der Waals surface area contributed by atoms with Crippen LogP contribution < -0.4 is 0 Å². The zero-order valence-electron chi connectivity index (χ0n) is 11.4. The third-order valence-corrected chi connectivity index (χ3v) is 3.69. The molecule has 1 fully saturated rings. The van der Waals surface area contributed by atoms with Crippen molar-refractivity contribution in [3.8, 4) is 0 Å². The van der Waals surface area contributed by atoms with Crippen molar-refractivity contribution >= 4 is 11.6 Å². The molecule has 0 N–H and O–H groups in total. The summed E-state index contributed by atoms with van der Waals surface area (Å²) in [6.07, 6.45) is 2.05. The van der Waals surface area contributed by atoms with E-state index < -0.39 is 5.41 Å². The molecule has 0 unspecified atom stereocenters. The molecule has 0 aromatic heterocycles. The van der Waals surface area contributed by atoms with Crippen molar-refractivity contribution in [1.82, 2.24) is 0 Å². The van der Waals surface area contributed by atoms with Crippen LogP contribution in [0.25, 0.3) is 0 Å². The lowest BCUT2D eigenvalue weighted by Gasteiger charge is -2.14. The van der Waals surface area contributed by atoms with E-state index in [1.54, 1.807) is 12.1 Å². The van der Waals surface area contributed by atoms with Crippen LogP contribution in [0.2, 0.25) is 0 Å². The van der Waals surface area contributed by atoms with Crippen molar-refractivity contribution in [2.45, 2.75) is 39.5 Å². The number of carbonyl (C=O) groups excluding carboxylic acids is 2. The fraction of sp³-hybridized carbons (Fsp3) is 0.500. The summed E-state index contributed by atoms with van der Waals surface area (Å²) in [7, 11) is 0. The minimum absolute atomic E-state index is 0.00948. The summed E-state index contributed by atoms with van der Waals surface area (Å²) >= 11 is 0. The van der Waals surface area contributed by atoms with E-state index in [1.165, 1.54) is 12.1 Å². The van der Waals surface area contributed by atoms with Crippen LogP contribution in [0.1, 0.15) is 38.7 Å². The molecule has 3 heteroatoms.